The molecule has 294 valence electrons. The first-order valence-corrected chi connectivity index (χ1v) is 20.9. The van der Waals surface area contributed by atoms with Crippen molar-refractivity contribution in [3.05, 3.63) is 235 Å². The maximum atomic E-state index is 6.78. The summed E-state index contributed by atoms with van der Waals surface area (Å²) < 4.78 is 9.16. The molecule has 0 spiro atoms. The predicted molar refractivity (Wildman–Crippen MR) is 258 cm³/mol. The van der Waals surface area contributed by atoms with Gasteiger partial charge in [0.25, 0.3) is 0 Å². The number of nitrogens with two attached hydrogens (primary N) is 1. The molecular weight excluding hydrogens is 757 g/mol. The van der Waals surface area contributed by atoms with Crippen molar-refractivity contribution in [2.24, 2.45) is 15.7 Å². The van der Waals surface area contributed by atoms with E-state index in [0.717, 1.165) is 83.2 Å². The second kappa shape index (κ2) is 15.7. The highest BCUT2D eigenvalue weighted by atomic mass is 16.3. The van der Waals surface area contributed by atoms with Crippen LogP contribution in [-0.4, -0.2) is 16.2 Å². The molecule has 5 nitrogen and oxygen atoms in total. The highest BCUT2D eigenvalue weighted by Crippen LogP contribution is 2.45. The normalized spacial score (nSPS) is 12.2. The molecule has 0 radical (unpaired) electrons. The van der Waals surface area contributed by atoms with Crippen LogP contribution in [0.2, 0.25) is 0 Å². The topological polar surface area (TPSA) is 68.8 Å². The zero-order valence-electron chi connectivity index (χ0n) is 33.8. The Kier molecular flexibility index (Phi) is 9.32. The summed E-state index contributed by atoms with van der Waals surface area (Å²) in [5.41, 5.74) is 21.2. The first-order valence-electron chi connectivity index (χ1n) is 20.9. The minimum atomic E-state index is 0.346. The van der Waals surface area contributed by atoms with Crippen molar-refractivity contribution in [3.8, 4) is 39.1 Å². The predicted octanol–water partition coefficient (Wildman–Crippen LogP) is 14.0. The second-order valence-corrected chi connectivity index (χ2v) is 15.5. The molecule has 2 aromatic heterocycles. The average molecular weight is 797 g/mol. The highest BCUT2D eigenvalue weighted by molar-refractivity contribution is 6.27. The molecule has 62 heavy (non-hydrogen) atoms. The molecule has 5 heteroatoms. The summed E-state index contributed by atoms with van der Waals surface area (Å²) in [6, 6.07) is 75.9. The molecular formula is C57H40N4O. The summed E-state index contributed by atoms with van der Waals surface area (Å²) in [5, 5.41) is 4.51. The summed E-state index contributed by atoms with van der Waals surface area (Å²) in [7, 11) is 0. The molecule has 0 saturated heterocycles. The number of rotatable bonds is 8. The molecule has 0 aliphatic rings. The fourth-order valence-corrected chi connectivity index (χ4v) is 8.91. The molecule has 11 rings (SSSR count). The van der Waals surface area contributed by atoms with E-state index in [9.17, 15) is 0 Å². The fourth-order valence-electron chi connectivity index (χ4n) is 8.91. The highest BCUT2D eigenvalue weighted by Gasteiger charge is 2.22. The SMILES string of the molecule is NC(=NC(=NCc1cc(-c2ccccc2-c2ccccc2)ccc1-c1cccc2oc3ccc4c5ccccc5n(-c5ccccc5)c4c3c12)c1ccccc1)c1ccccc1. The monoisotopic (exact) mass is 796 g/mol. The van der Waals surface area contributed by atoms with Crippen molar-refractivity contribution in [1.82, 2.24) is 4.57 Å². The molecule has 0 fully saturated rings. The first-order chi connectivity index (χ1) is 30.7. The molecule has 0 amide bonds. The first kappa shape index (κ1) is 36.8. The van der Waals surface area contributed by atoms with Crippen LogP contribution in [0.15, 0.2) is 233 Å². The van der Waals surface area contributed by atoms with Crippen molar-refractivity contribution in [2.45, 2.75) is 6.54 Å². The van der Waals surface area contributed by atoms with E-state index in [1.807, 2.05) is 60.7 Å². The van der Waals surface area contributed by atoms with Gasteiger partial charge in [-0.3, -0.25) is 4.99 Å². The third-order valence-electron chi connectivity index (χ3n) is 11.8. The van der Waals surface area contributed by atoms with Gasteiger partial charge < -0.3 is 14.7 Å². The van der Waals surface area contributed by atoms with Crippen LogP contribution in [0.25, 0.3) is 82.8 Å². The van der Waals surface area contributed by atoms with Gasteiger partial charge in [0, 0.05) is 33.0 Å². The number of para-hydroxylation sites is 2. The van der Waals surface area contributed by atoms with E-state index >= 15 is 0 Å². The van der Waals surface area contributed by atoms with E-state index in [-0.39, 0.29) is 0 Å². The lowest BCUT2D eigenvalue weighted by atomic mass is 9.89. The Bertz CT molecular complexity index is 3480. The standard InChI is InChI=1S/C57H40N4O/c58-56(39-20-7-2-8-21-39)60-57(40-22-9-3-10-23-40)59-37-42-36-41(45-27-14-13-26-44(45)38-18-5-1-6-19-38)32-33-46(42)48-29-17-31-51-53(48)54-52(62-51)35-34-49-47-28-15-16-30-50(47)61(55(49)54)43-24-11-4-12-25-43/h1-36H,37H2,(H2,58,59,60). The van der Waals surface area contributed by atoms with E-state index in [4.69, 9.17) is 20.1 Å². The van der Waals surface area contributed by atoms with Crippen molar-refractivity contribution in [1.29, 1.82) is 0 Å². The molecule has 0 aliphatic carbocycles. The number of benzene rings is 9. The number of hydrogen-bond donors (Lipinski definition) is 1. The van der Waals surface area contributed by atoms with Crippen LogP contribution >= 0.6 is 0 Å². The Morgan fingerprint density at radius 1 is 0.468 bits per heavy atom. The van der Waals surface area contributed by atoms with Gasteiger partial charge in [-0.2, -0.15) is 0 Å². The number of amidine groups is 2. The van der Waals surface area contributed by atoms with Gasteiger partial charge in [-0.25, -0.2) is 4.99 Å². The number of aliphatic imine (C=N–C) groups is 2. The maximum absolute atomic E-state index is 6.78. The summed E-state index contributed by atoms with van der Waals surface area (Å²) in [6.45, 7) is 0.346. The molecule has 2 heterocycles. The van der Waals surface area contributed by atoms with E-state index in [2.05, 4.69) is 162 Å². The van der Waals surface area contributed by atoms with Crippen LogP contribution in [0.5, 0.6) is 0 Å². The largest absolute Gasteiger partial charge is 0.456 e. The second-order valence-electron chi connectivity index (χ2n) is 15.5. The Balaban J connectivity index is 1.17. The molecule has 0 bridgehead atoms. The number of hydrogen-bond acceptors (Lipinski definition) is 2. The summed E-state index contributed by atoms with van der Waals surface area (Å²) >= 11 is 0. The van der Waals surface area contributed by atoms with Crippen molar-refractivity contribution < 1.29 is 4.42 Å². The van der Waals surface area contributed by atoms with Gasteiger partial charge in [0.15, 0.2) is 5.84 Å². The number of fused-ring (bicyclic) bond motifs is 7. The van der Waals surface area contributed by atoms with Gasteiger partial charge in [-0.05, 0) is 81.4 Å². The molecule has 11 aromatic rings. The lowest BCUT2D eigenvalue weighted by Gasteiger charge is -2.15. The molecule has 0 atom stereocenters. The number of aromatic nitrogens is 1. The van der Waals surface area contributed by atoms with Crippen LogP contribution in [0.4, 0.5) is 0 Å². The molecule has 2 N–H and O–H groups in total. The minimum Gasteiger partial charge on any atom is -0.456 e. The van der Waals surface area contributed by atoms with Crippen molar-refractivity contribution in [2.75, 3.05) is 0 Å². The summed E-state index contributed by atoms with van der Waals surface area (Å²) in [5.74, 6) is 0.973. The molecule has 0 saturated carbocycles. The van der Waals surface area contributed by atoms with Crippen LogP contribution in [0.1, 0.15) is 16.7 Å². The van der Waals surface area contributed by atoms with Gasteiger partial charge in [0.1, 0.15) is 17.0 Å². The van der Waals surface area contributed by atoms with Gasteiger partial charge in [0.2, 0.25) is 0 Å². The van der Waals surface area contributed by atoms with E-state index < -0.39 is 0 Å². The van der Waals surface area contributed by atoms with Crippen LogP contribution in [-0.2, 0) is 6.54 Å². The van der Waals surface area contributed by atoms with Crippen LogP contribution in [0.3, 0.4) is 0 Å². The average Bonchev–Trinajstić information content (AvgIpc) is 3.90. The lowest BCUT2D eigenvalue weighted by molar-refractivity contribution is 0.669. The Morgan fingerprint density at radius 2 is 1.08 bits per heavy atom. The van der Waals surface area contributed by atoms with Crippen molar-refractivity contribution in [3.63, 3.8) is 0 Å². The van der Waals surface area contributed by atoms with Gasteiger partial charge in [-0.1, -0.05) is 176 Å². The quantitative estimate of drug-likeness (QED) is 0.123. The summed E-state index contributed by atoms with van der Waals surface area (Å²) in [6.07, 6.45) is 0. The number of nitrogens with zero attached hydrogens (tertiary/aromatic N) is 3. The Labute approximate surface area is 359 Å². The molecule has 9 aromatic carbocycles. The smallest absolute Gasteiger partial charge is 0.157 e. The Morgan fingerprint density at radius 3 is 1.84 bits per heavy atom. The van der Waals surface area contributed by atoms with Gasteiger partial charge >= 0.3 is 0 Å². The zero-order chi connectivity index (χ0) is 41.4. The minimum absolute atomic E-state index is 0.346. The van der Waals surface area contributed by atoms with Crippen LogP contribution in [0, 0.1) is 0 Å². The van der Waals surface area contributed by atoms with E-state index in [0.29, 0.717) is 18.2 Å². The summed E-state index contributed by atoms with van der Waals surface area (Å²) in [4.78, 5) is 10.3. The van der Waals surface area contributed by atoms with Crippen molar-refractivity contribution >= 4 is 55.4 Å². The third-order valence-corrected chi connectivity index (χ3v) is 11.8. The third kappa shape index (κ3) is 6.53. The van der Waals surface area contributed by atoms with Gasteiger partial charge in [-0.15, -0.1) is 0 Å². The van der Waals surface area contributed by atoms with E-state index in [1.165, 1.54) is 16.3 Å². The lowest BCUT2D eigenvalue weighted by Crippen LogP contribution is -2.16. The molecule has 0 unspecified atom stereocenters. The van der Waals surface area contributed by atoms with Crippen LogP contribution < -0.4 is 5.73 Å². The maximum Gasteiger partial charge on any atom is 0.157 e. The fraction of sp³-hybridized carbons (Fsp3) is 0.0175. The zero-order valence-corrected chi connectivity index (χ0v) is 33.8. The Hall–Kier alpha value is -8.28. The van der Waals surface area contributed by atoms with E-state index in [1.54, 1.807) is 0 Å². The molecule has 0 aliphatic heterocycles. The van der Waals surface area contributed by atoms with Gasteiger partial charge in [0.05, 0.1) is 23.0 Å². The number of furan rings is 1.